The van der Waals surface area contributed by atoms with Crippen LogP contribution in [0.2, 0.25) is 0 Å². The van der Waals surface area contributed by atoms with Crippen LogP contribution < -0.4 is 11.1 Å². The summed E-state index contributed by atoms with van der Waals surface area (Å²) < 4.78 is 0. The molecule has 0 bridgehead atoms. The molecule has 0 aromatic heterocycles. The Hall–Kier alpha value is -1.63. The fourth-order valence-corrected chi connectivity index (χ4v) is 9.51. The predicted octanol–water partition coefficient (Wildman–Crippen LogP) is 4.43. The van der Waals surface area contributed by atoms with Crippen molar-refractivity contribution >= 4 is 17.8 Å². The Bertz CT molecular complexity index is 832. The van der Waals surface area contributed by atoms with Crippen LogP contribution >= 0.6 is 0 Å². The van der Waals surface area contributed by atoms with Crippen molar-refractivity contribution in [1.29, 1.82) is 0 Å². The number of hydrogen-bond acceptors (Lipinski definition) is 4. The van der Waals surface area contributed by atoms with Gasteiger partial charge in [-0.25, -0.2) is 0 Å². The van der Waals surface area contributed by atoms with Gasteiger partial charge in [-0.2, -0.15) is 0 Å². The van der Waals surface area contributed by atoms with E-state index in [2.05, 4.69) is 26.1 Å². The smallest absolute Gasteiger partial charge is 0.305 e. The topological polar surface area (TPSA) is 130 Å². The summed E-state index contributed by atoms with van der Waals surface area (Å²) in [7, 11) is 0. The van der Waals surface area contributed by atoms with E-state index in [0.717, 1.165) is 43.4 Å². The van der Waals surface area contributed by atoms with Crippen molar-refractivity contribution in [3.63, 3.8) is 0 Å². The van der Waals surface area contributed by atoms with Crippen molar-refractivity contribution in [1.82, 2.24) is 5.32 Å². The van der Waals surface area contributed by atoms with Crippen molar-refractivity contribution in [2.24, 2.45) is 52.1 Å². The standard InChI is InChI=1S/C28H46N2O5/c1-16(4-9-24(31)32)20-7-8-21-19-6-5-17-14-18(30-26(35)23(29)15-25(33)34)10-12-27(17,2)22(19)11-13-28(20,21)3/h16-23H,4-15,29H2,1-3H3,(H,30,35)(H,31,32)(H,33,34)/t16-,17-,18-,19?,20?,21?,22?,23+,27+,28-/m1/s1. The number of aliphatic carboxylic acids is 2. The molecule has 198 valence electrons. The van der Waals surface area contributed by atoms with E-state index in [9.17, 15) is 19.5 Å². The number of carboxylic acids is 2. The Balaban J connectivity index is 1.40. The molecule has 0 spiro atoms. The van der Waals surface area contributed by atoms with E-state index in [1.807, 2.05) is 0 Å². The van der Waals surface area contributed by atoms with Gasteiger partial charge in [0.05, 0.1) is 12.5 Å². The van der Waals surface area contributed by atoms with Crippen LogP contribution in [0.5, 0.6) is 0 Å². The quantitative estimate of drug-likeness (QED) is 0.398. The Morgan fingerprint density at radius 1 is 0.943 bits per heavy atom. The minimum Gasteiger partial charge on any atom is -0.481 e. The number of carboxylic acid groups (broad SMARTS) is 2. The van der Waals surface area contributed by atoms with Gasteiger partial charge in [-0.1, -0.05) is 20.8 Å². The van der Waals surface area contributed by atoms with Crippen molar-refractivity contribution in [2.75, 3.05) is 0 Å². The molecule has 10 atom stereocenters. The maximum absolute atomic E-state index is 12.4. The zero-order valence-electron chi connectivity index (χ0n) is 21.8. The van der Waals surface area contributed by atoms with Crippen molar-refractivity contribution in [2.45, 2.75) is 110 Å². The lowest BCUT2D eigenvalue weighted by molar-refractivity contribution is -0.140. The monoisotopic (exact) mass is 490 g/mol. The van der Waals surface area contributed by atoms with Gasteiger partial charge in [0.15, 0.2) is 0 Å². The molecule has 0 saturated heterocycles. The molecule has 35 heavy (non-hydrogen) atoms. The molecule has 0 aromatic rings. The van der Waals surface area contributed by atoms with Gasteiger partial charge in [0, 0.05) is 12.5 Å². The van der Waals surface area contributed by atoms with Gasteiger partial charge in [-0.15, -0.1) is 0 Å². The van der Waals surface area contributed by atoms with Crippen LogP contribution in [0.3, 0.4) is 0 Å². The largest absolute Gasteiger partial charge is 0.481 e. The first kappa shape index (κ1) is 26.4. The van der Waals surface area contributed by atoms with Gasteiger partial charge in [0.2, 0.25) is 5.91 Å². The average Bonchev–Trinajstić information content (AvgIpc) is 3.14. The number of amides is 1. The minimum atomic E-state index is -1.04. The molecule has 0 radical (unpaired) electrons. The summed E-state index contributed by atoms with van der Waals surface area (Å²) in [5, 5.41) is 21.2. The van der Waals surface area contributed by atoms with Gasteiger partial charge in [0.25, 0.3) is 0 Å². The second-order valence-electron chi connectivity index (χ2n) is 13.0. The summed E-state index contributed by atoms with van der Waals surface area (Å²) in [6, 6.07) is -0.891. The third-order valence-corrected chi connectivity index (χ3v) is 11.3. The molecule has 5 N–H and O–H groups in total. The van der Waals surface area contributed by atoms with E-state index in [4.69, 9.17) is 10.8 Å². The van der Waals surface area contributed by atoms with Crippen LogP contribution in [0, 0.1) is 46.3 Å². The van der Waals surface area contributed by atoms with Crippen LogP contribution in [0.1, 0.15) is 97.8 Å². The van der Waals surface area contributed by atoms with E-state index in [-0.39, 0.29) is 24.8 Å². The third-order valence-electron chi connectivity index (χ3n) is 11.3. The van der Waals surface area contributed by atoms with E-state index in [1.54, 1.807) is 0 Å². The molecule has 1 amide bonds. The van der Waals surface area contributed by atoms with E-state index >= 15 is 0 Å². The number of carbonyl (C=O) groups excluding carboxylic acids is 1. The third kappa shape index (κ3) is 4.99. The van der Waals surface area contributed by atoms with E-state index in [1.165, 1.54) is 38.5 Å². The first-order valence-electron chi connectivity index (χ1n) is 13.9. The van der Waals surface area contributed by atoms with E-state index < -0.39 is 18.0 Å². The molecule has 4 fully saturated rings. The van der Waals surface area contributed by atoms with Gasteiger partial charge in [-0.3, -0.25) is 14.4 Å². The molecule has 4 aliphatic carbocycles. The lowest BCUT2D eigenvalue weighted by Gasteiger charge is -2.61. The summed E-state index contributed by atoms with van der Waals surface area (Å²) in [4.78, 5) is 34.5. The Morgan fingerprint density at radius 2 is 1.63 bits per heavy atom. The first-order chi connectivity index (χ1) is 16.5. The summed E-state index contributed by atoms with van der Waals surface area (Å²) in [5.41, 5.74) is 6.43. The van der Waals surface area contributed by atoms with Crippen LogP contribution in [0.4, 0.5) is 0 Å². The number of hydrogen-bond donors (Lipinski definition) is 4. The zero-order chi connectivity index (χ0) is 25.5. The van der Waals surface area contributed by atoms with Gasteiger partial charge < -0.3 is 21.3 Å². The van der Waals surface area contributed by atoms with Gasteiger partial charge in [0.1, 0.15) is 0 Å². The van der Waals surface area contributed by atoms with Crippen LogP contribution in [-0.4, -0.2) is 40.1 Å². The zero-order valence-corrected chi connectivity index (χ0v) is 21.8. The van der Waals surface area contributed by atoms with Gasteiger partial charge in [-0.05, 0) is 111 Å². The molecule has 4 unspecified atom stereocenters. The second-order valence-corrected chi connectivity index (χ2v) is 13.0. The Kier molecular flexibility index (Phi) is 7.57. The number of carbonyl (C=O) groups is 3. The molecule has 0 aromatic carbocycles. The average molecular weight is 491 g/mol. The molecule has 4 rings (SSSR count). The van der Waals surface area contributed by atoms with Crippen molar-refractivity contribution in [3.05, 3.63) is 0 Å². The number of rotatable bonds is 8. The molecular formula is C28H46N2O5. The Labute approximate surface area is 210 Å². The lowest BCUT2D eigenvalue weighted by atomic mass is 9.44. The molecular weight excluding hydrogens is 444 g/mol. The molecule has 4 saturated carbocycles. The molecule has 0 heterocycles. The molecule has 7 heteroatoms. The first-order valence-corrected chi connectivity index (χ1v) is 13.9. The Morgan fingerprint density at radius 3 is 2.31 bits per heavy atom. The van der Waals surface area contributed by atoms with Crippen LogP contribution in [0.15, 0.2) is 0 Å². The summed E-state index contributed by atoms with van der Waals surface area (Å²) in [5.74, 6) is 1.89. The predicted molar refractivity (Wildman–Crippen MR) is 133 cm³/mol. The molecule has 0 aliphatic heterocycles. The fraction of sp³-hybridized carbons (Fsp3) is 0.893. The molecule has 7 nitrogen and oxygen atoms in total. The van der Waals surface area contributed by atoms with Gasteiger partial charge >= 0.3 is 11.9 Å². The summed E-state index contributed by atoms with van der Waals surface area (Å²) in [6.07, 6.45) is 11.3. The number of nitrogens with one attached hydrogen (secondary N) is 1. The highest BCUT2D eigenvalue weighted by molar-refractivity contribution is 5.86. The highest BCUT2D eigenvalue weighted by Crippen LogP contribution is 2.68. The van der Waals surface area contributed by atoms with Crippen molar-refractivity contribution < 1.29 is 24.6 Å². The van der Waals surface area contributed by atoms with Crippen LogP contribution in [-0.2, 0) is 14.4 Å². The number of fused-ring (bicyclic) bond motifs is 5. The summed E-state index contributed by atoms with van der Waals surface area (Å²) >= 11 is 0. The molecule has 4 aliphatic rings. The van der Waals surface area contributed by atoms with Crippen LogP contribution in [0.25, 0.3) is 0 Å². The fourth-order valence-electron chi connectivity index (χ4n) is 9.51. The second kappa shape index (κ2) is 10.0. The highest BCUT2D eigenvalue weighted by Gasteiger charge is 2.60. The normalized spacial score (nSPS) is 42.2. The maximum atomic E-state index is 12.4. The SMILES string of the molecule is C[C@H](CCC(=O)O)C1CCC2C3CC[C@@H]4C[C@H](NC(=O)[C@@H](N)CC(=O)O)CC[C@]4(C)C3CC[C@@]21C. The summed E-state index contributed by atoms with van der Waals surface area (Å²) in [6.45, 7) is 7.31. The van der Waals surface area contributed by atoms with E-state index in [0.29, 0.717) is 28.6 Å². The highest BCUT2D eigenvalue weighted by atomic mass is 16.4. The van der Waals surface area contributed by atoms with Crippen molar-refractivity contribution in [3.8, 4) is 0 Å². The lowest BCUT2D eigenvalue weighted by Crippen LogP contribution is -2.56. The maximum Gasteiger partial charge on any atom is 0.305 e. The minimum absolute atomic E-state index is 0.0942. The number of nitrogens with two attached hydrogens (primary N) is 1.